The minimum atomic E-state index is -0.437. The van der Waals surface area contributed by atoms with Crippen LogP contribution in [0.5, 0.6) is 0 Å². The van der Waals surface area contributed by atoms with E-state index in [1.807, 2.05) is 0 Å². The topological polar surface area (TPSA) is 51.2 Å². The van der Waals surface area contributed by atoms with Crippen LogP contribution in [0.25, 0.3) is 0 Å². The second-order valence-electron chi connectivity index (χ2n) is 7.17. The molecule has 4 atom stereocenters. The molecule has 1 aliphatic carbocycles. The van der Waals surface area contributed by atoms with E-state index in [-0.39, 0.29) is 17.6 Å². The van der Waals surface area contributed by atoms with Crippen molar-refractivity contribution in [2.45, 2.75) is 76.3 Å². The van der Waals surface area contributed by atoms with Crippen LogP contribution in [-0.4, -0.2) is 48.8 Å². The molecule has 1 saturated heterocycles. The Labute approximate surface area is 134 Å². The third-order valence-electron chi connectivity index (χ3n) is 5.12. The zero-order chi connectivity index (χ0) is 16.2. The fraction of sp³-hybridized carbons (Fsp3) is 0.889. The van der Waals surface area contributed by atoms with Crippen LogP contribution < -0.4 is 0 Å². The van der Waals surface area contributed by atoms with Crippen molar-refractivity contribution in [1.29, 1.82) is 0 Å². The van der Waals surface area contributed by atoms with Gasteiger partial charge in [-0.2, -0.15) is 0 Å². The van der Waals surface area contributed by atoms with E-state index in [1.54, 1.807) is 7.11 Å². The Morgan fingerprint density at radius 3 is 2.68 bits per heavy atom. The fourth-order valence-electron chi connectivity index (χ4n) is 3.83. The van der Waals surface area contributed by atoms with Gasteiger partial charge >= 0.3 is 0 Å². The van der Waals surface area contributed by atoms with Crippen LogP contribution in [0.1, 0.15) is 52.9 Å². The summed E-state index contributed by atoms with van der Waals surface area (Å²) in [5.41, 5.74) is -0.553. The Kier molecular flexibility index (Phi) is 6.06. The van der Waals surface area contributed by atoms with Crippen LogP contribution in [0, 0.1) is 5.92 Å². The monoisotopic (exact) mass is 312 g/mol. The second-order valence-corrected chi connectivity index (χ2v) is 7.17. The van der Waals surface area contributed by atoms with Gasteiger partial charge in [0.1, 0.15) is 0 Å². The van der Waals surface area contributed by atoms with Crippen LogP contribution in [0.3, 0.4) is 0 Å². The number of ether oxygens (including phenoxy) is 3. The number of aliphatic hydroxyl groups is 1. The van der Waals surface area contributed by atoms with Crippen molar-refractivity contribution in [3.8, 4) is 0 Å². The maximum atomic E-state index is 10.3. The van der Waals surface area contributed by atoms with E-state index in [0.717, 1.165) is 25.9 Å². The number of allylic oxidation sites excluding steroid dienone is 1. The third kappa shape index (κ3) is 3.91. The normalized spacial score (nSPS) is 35.4. The summed E-state index contributed by atoms with van der Waals surface area (Å²) in [6, 6.07) is 0. The number of hydrogen-bond acceptors (Lipinski definition) is 4. The molecule has 0 unspecified atom stereocenters. The molecule has 4 heteroatoms. The van der Waals surface area contributed by atoms with Gasteiger partial charge < -0.3 is 19.3 Å². The van der Waals surface area contributed by atoms with Gasteiger partial charge in [-0.15, -0.1) is 0 Å². The van der Waals surface area contributed by atoms with Crippen LogP contribution in [-0.2, 0) is 14.2 Å². The first-order chi connectivity index (χ1) is 10.5. The van der Waals surface area contributed by atoms with E-state index in [4.69, 9.17) is 14.2 Å². The Morgan fingerprint density at radius 2 is 2.09 bits per heavy atom. The first kappa shape index (κ1) is 17.9. The SMILES string of the molecule is CCCC/C=C/COC(C)(C)[C@H]1[C@H](OC)[C@H](O)CC[C@]12CO2. The van der Waals surface area contributed by atoms with Crippen molar-refractivity contribution in [3.05, 3.63) is 12.2 Å². The van der Waals surface area contributed by atoms with E-state index in [9.17, 15) is 5.11 Å². The van der Waals surface area contributed by atoms with E-state index in [2.05, 4.69) is 32.9 Å². The number of aliphatic hydroxyl groups excluding tert-OH is 1. The lowest BCUT2D eigenvalue weighted by atomic mass is 9.68. The highest BCUT2D eigenvalue weighted by Gasteiger charge is 2.63. The molecule has 0 aromatic heterocycles. The van der Waals surface area contributed by atoms with Gasteiger partial charge in [0.15, 0.2) is 0 Å². The van der Waals surface area contributed by atoms with Gasteiger partial charge in [0.2, 0.25) is 0 Å². The zero-order valence-corrected chi connectivity index (χ0v) is 14.5. The van der Waals surface area contributed by atoms with E-state index in [1.165, 1.54) is 12.8 Å². The molecule has 0 amide bonds. The van der Waals surface area contributed by atoms with Gasteiger partial charge in [0, 0.05) is 13.0 Å². The van der Waals surface area contributed by atoms with Crippen LogP contribution in [0.2, 0.25) is 0 Å². The fourth-order valence-corrected chi connectivity index (χ4v) is 3.83. The molecule has 1 saturated carbocycles. The lowest BCUT2D eigenvalue weighted by Gasteiger charge is -2.46. The largest absolute Gasteiger partial charge is 0.390 e. The molecule has 2 rings (SSSR count). The molecule has 1 aliphatic heterocycles. The van der Waals surface area contributed by atoms with Gasteiger partial charge in [-0.3, -0.25) is 0 Å². The quantitative estimate of drug-likeness (QED) is 0.425. The number of epoxide rings is 1. The Bertz CT molecular complexity index is 373. The van der Waals surface area contributed by atoms with Crippen molar-refractivity contribution in [2.75, 3.05) is 20.3 Å². The Balaban J connectivity index is 1.97. The molecule has 0 radical (unpaired) electrons. The van der Waals surface area contributed by atoms with Gasteiger partial charge in [-0.05, 0) is 33.1 Å². The maximum Gasteiger partial charge on any atom is 0.0998 e. The molecule has 1 N–H and O–H groups in total. The minimum absolute atomic E-state index is 0.0535. The van der Waals surface area contributed by atoms with Crippen LogP contribution in [0.15, 0.2) is 12.2 Å². The van der Waals surface area contributed by atoms with Gasteiger partial charge in [-0.25, -0.2) is 0 Å². The van der Waals surface area contributed by atoms with E-state index in [0.29, 0.717) is 6.61 Å². The molecule has 2 aliphatic rings. The van der Waals surface area contributed by atoms with Crippen LogP contribution >= 0.6 is 0 Å². The third-order valence-corrected chi connectivity index (χ3v) is 5.12. The van der Waals surface area contributed by atoms with Gasteiger partial charge in [0.05, 0.1) is 36.6 Å². The highest BCUT2D eigenvalue weighted by Crippen LogP contribution is 2.52. The molecule has 2 fully saturated rings. The molecule has 4 nitrogen and oxygen atoms in total. The lowest BCUT2D eigenvalue weighted by molar-refractivity contribution is -0.172. The lowest BCUT2D eigenvalue weighted by Crippen LogP contribution is -2.57. The van der Waals surface area contributed by atoms with Crippen LogP contribution in [0.4, 0.5) is 0 Å². The molecule has 1 heterocycles. The molecule has 128 valence electrons. The summed E-state index contributed by atoms with van der Waals surface area (Å²) >= 11 is 0. The first-order valence-corrected chi connectivity index (χ1v) is 8.60. The summed E-state index contributed by atoms with van der Waals surface area (Å²) in [4.78, 5) is 0. The molecular weight excluding hydrogens is 280 g/mol. The molecule has 0 bridgehead atoms. The summed E-state index contributed by atoms with van der Waals surface area (Å²) in [7, 11) is 1.67. The number of hydrogen-bond donors (Lipinski definition) is 1. The predicted octanol–water partition coefficient (Wildman–Crippen LogP) is 3.08. The second kappa shape index (κ2) is 7.43. The highest BCUT2D eigenvalue weighted by atomic mass is 16.6. The molecular formula is C18H32O4. The predicted molar refractivity (Wildman–Crippen MR) is 86.9 cm³/mol. The Hall–Kier alpha value is -0.420. The highest BCUT2D eigenvalue weighted by molar-refractivity contribution is 5.12. The average molecular weight is 312 g/mol. The summed E-state index contributed by atoms with van der Waals surface area (Å²) < 4.78 is 17.5. The smallest absolute Gasteiger partial charge is 0.0998 e. The van der Waals surface area contributed by atoms with E-state index >= 15 is 0 Å². The average Bonchev–Trinajstić information content (AvgIpc) is 3.25. The van der Waals surface area contributed by atoms with Crippen molar-refractivity contribution in [3.63, 3.8) is 0 Å². The maximum absolute atomic E-state index is 10.3. The standard InChI is InChI=1S/C18H32O4/c1-5-6-7-8-9-12-21-17(2,3)16-15(20-4)14(19)10-11-18(16)13-22-18/h8-9,14-16,19H,5-7,10-13H2,1-4H3/b9-8+/t14-,15-,16-,18+/m1/s1. The summed E-state index contributed by atoms with van der Waals surface area (Å²) in [5.74, 6) is 0.0535. The summed E-state index contributed by atoms with van der Waals surface area (Å²) in [6.07, 6.45) is 8.79. The van der Waals surface area contributed by atoms with Crippen molar-refractivity contribution in [2.24, 2.45) is 5.92 Å². The minimum Gasteiger partial charge on any atom is -0.390 e. The molecule has 0 aromatic rings. The number of rotatable bonds is 8. The Morgan fingerprint density at radius 1 is 1.36 bits per heavy atom. The van der Waals surface area contributed by atoms with E-state index < -0.39 is 11.7 Å². The number of methoxy groups -OCH3 is 1. The molecule has 0 aromatic carbocycles. The van der Waals surface area contributed by atoms with Gasteiger partial charge in [0.25, 0.3) is 0 Å². The number of unbranched alkanes of at least 4 members (excludes halogenated alkanes) is 2. The van der Waals surface area contributed by atoms with Gasteiger partial charge in [-0.1, -0.05) is 31.9 Å². The van der Waals surface area contributed by atoms with Crippen molar-refractivity contribution >= 4 is 0 Å². The first-order valence-electron chi connectivity index (χ1n) is 8.60. The summed E-state index contributed by atoms with van der Waals surface area (Å²) in [6.45, 7) is 7.72. The molecule has 1 spiro atoms. The van der Waals surface area contributed by atoms with Crippen molar-refractivity contribution < 1.29 is 19.3 Å². The zero-order valence-electron chi connectivity index (χ0n) is 14.5. The molecule has 22 heavy (non-hydrogen) atoms. The summed E-state index contributed by atoms with van der Waals surface area (Å²) in [5, 5.41) is 10.3. The van der Waals surface area contributed by atoms with Crippen molar-refractivity contribution in [1.82, 2.24) is 0 Å².